The molecule has 1 amide bonds. The number of hydrogen-bond acceptors (Lipinski definition) is 3. The number of fused-ring (bicyclic) bond motifs is 1. The van der Waals surface area contributed by atoms with Crippen LogP contribution in [-0.4, -0.2) is 25.6 Å². The number of ether oxygens (including phenoxy) is 1. The zero-order chi connectivity index (χ0) is 12.4. The van der Waals surface area contributed by atoms with E-state index in [2.05, 4.69) is 10.6 Å². The highest BCUT2D eigenvalue weighted by Gasteiger charge is 2.24. The normalized spacial score (nSPS) is 21.2. The first-order valence-corrected chi connectivity index (χ1v) is 6.55. The summed E-state index contributed by atoms with van der Waals surface area (Å²) in [5, 5.41) is 6.19. The summed E-state index contributed by atoms with van der Waals surface area (Å²) in [6, 6.07) is 8.10. The number of amides is 1. The molecule has 1 aliphatic carbocycles. The minimum absolute atomic E-state index is 0.0753. The lowest BCUT2D eigenvalue weighted by Crippen LogP contribution is -2.37. The smallest absolute Gasteiger partial charge is 0.233 e. The summed E-state index contributed by atoms with van der Waals surface area (Å²) in [6.07, 6.45) is 2.52. The average Bonchev–Trinajstić information content (AvgIpc) is 3.14. The summed E-state index contributed by atoms with van der Waals surface area (Å²) in [5.41, 5.74) is 1.15. The van der Waals surface area contributed by atoms with Gasteiger partial charge in [-0.25, -0.2) is 0 Å². The number of carbonyl (C=O) groups is 1. The van der Waals surface area contributed by atoms with Crippen LogP contribution in [0, 0.1) is 5.92 Å². The molecule has 0 radical (unpaired) electrons. The Morgan fingerprint density at radius 1 is 1.33 bits per heavy atom. The molecule has 3 rings (SSSR count). The maximum absolute atomic E-state index is 11.6. The highest BCUT2D eigenvalue weighted by atomic mass is 16.5. The number of para-hydroxylation sites is 1. The summed E-state index contributed by atoms with van der Waals surface area (Å²) in [7, 11) is 0. The largest absolute Gasteiger partial charge is 0.491 e. The molecular formula is C14H18N2O2. The van der Waals surface area contributed by atoms with Crippen molar-refractivity contribution in [2.24, 2.45) is 5.92 Å². The number of benzene rings is 1. The third-order valence-electron chi connectivity index (χ3n) is 3.49. The van der Waals surface area contributed by atoms with Crippen LogP contribution in [0.3, 0.4) is 0 Å². The van der Waals surface area contributed by atoms with Crippen molar-refractivity contribution >= 4 is 5.91 Å². The van der Waals surface area contributed by atoms with Gasteiger partial charge < -0.3 is 10.1 Å². The van der Waals surface area contributed by atoms with Crippen molar-refractivity contribution in [3.63, 3.8) is 0 Å². The first kappa shape index (κ1) is 11.5. The Kier molecular flexibility index (Phi) is 3.19. The van der Waals surface area contributed by atoms with Gasteiger partial charge in [-0.1, -0.05) is 18.2 Å². The van der Waals surface area contributed by atoms with Gasteiger partial charge in [-0.2, -0.15) is 0 Å². The second kappa shape index (κ2) is 4.98. The average molecular weight is 246 g/mol. The van der Waals surface area contributed by atoms with Crippen molar-refractivity contribution in [1.82, 2.24) is 10.6 Å². The monoisotopic (exact) mass is 246 g/mol. The molecular weight excluding hydrogens is 228 g/mol. The lowest BCUT2D eigenvalue weighted by Gasteiger charge is -2.11. The van der Waals surface area contributed by atoms with Crippen LogP contribution in [0.5, 0.6) is 5.75 Å². The molecule has 4 heteroatoms. The van der Waals surface area contributed by atoms with Crippen LogP contribution in [0.1, 0.15) is 24.4 Å². The van der Waals surface area contributed by atoms with Gasteiger partial charge in [0.05, 0.1) is 12.6 Å². The van der Waals surface area contributed by atoms with Crippen LogP contribution >= 0.6 is 0 Å². The Hall–Kier alpha value is -1.55. The maximum Gasteiger partial charge on any atom is 0.233 e. The van der Waals surface area contributed by atoms with Gasteiger partial charge in [0.2, 0.25) is 5.91 Å². The van der Waals surface area contributed by atoms with Crippen molar-refractivity contribution in [2.45, 2.75) is 18.9 Å². The third-order valence-corrected chi connectivity index (χ3v) is 3.49. The Balaban J connectivity index is 1.47. The van der Waals surface area contributed by atoms with E-state index in [-0.39, 0.29) is 11.9 Å². The second-order valence-electron chi connectivity index (χ2n) is 5.03. The van der Waals surface area contributed by atoms with Crippen LogP contribution in [0.25, 0.3) is 0 Å². The van der Waals surface area contributed by atoms with Gasteiger partial charge in [-0.05, 0) is 24.8 Å². The van der Waals surface area contributed by atoms with Gasteiger partial charge in [0.25, 0.3) is 0 Å². The standard InChI is InChI=1S/C14H18N2O2/c17-14(16-7-10-5-6-10)8-15-12-9-18-13-4-2-1-3-11(12)13/h1-4,10,12,15H,5-9H2,(H,16,17). The van der Waals surface area contributed by atoms with E-state index in [1.807, 2.05) is 24.3 Å². The zero-order valence-electron chi connectivity index (χ0n) is 10.3. The van der Waals surface area contributed by atoms with Crippen LogP contribution < -0.4 is 15.4 Å². The van der Waals surface area contributed by atoms with E-state index in [9.17, 15) is 4.79 Å². The second-order valence-corrected chi connectivity index (χ2v) is 5.03. The highest BCUT2D eigenvalue weighted by Crippen LogP contribution is 2.31. The summed E-state index contributed by atoms with van der Waals surface area (Å²) in [4.78, 5) is 11.6. The van der Waals surface area contributed by atoms with Crippen LogP contribution in [-0.2, 0) is 4.79 Å². The summed E-state index contributed by atoms with van der Waals surface area (Å²) >= 11 is 0. The van der Waals surface area contributed by atoms with Crippen molar-refractivity contribution in [1.29, 1.82) is 0 Å². The lowest BCUT2D eigenvalue weighted by molar-refractivity contribution is -0.120. The molecule has 1 fully saturated rings. The van der Waals surface area contributed by atoms with Crippen molar-refractivity contribution in [3.05, 3.63) is 29.8 Å². The van der Waals surface area contributed by atoms with Crippen molar-refractivity contribution in [2.75, 3.05) is 19.7 Å². The minimum atomic E-state index is 0.0753. The van der Waals surface area contributed by atoms with Gasteiger partial charge in [-0.15, -0.1) is 0 Å². The Morgan fingerprint density at radius 2 is 2.17 bits per heavy atom. The fourth-order valence-corrected chi connectivity index (χ4v) is 2.19. The van der Waals surface area contributed by atoms with E-state index < -0.39 is 0 Å². The third kappa shape index (κ3) is 2.64. The zero-order valence-corrected chi connectivity index (χ0v) is 10.3. The quantitative estimate of drug-likeness (QED) is 0.821. The molecule has 96 valence electrons. The topological polar surface area (TPSA) is 50.4 Å². The number of hydrogen-bond donors (Lipinski definition) is 2. The van der Waals surface area contributed by atoms with Gasteiger partial charge >= 0.3 is 0 Å². The molecule has 1 unspecified atom stereocenters. The van der Waals surface area contributed by atoms with E-state index in [1.165, 1.54) is 12.8 Å². The molecule has 18 heavy (non-hydrogen) atoms. The molecule has 1 aromatic carbocycles. The number of nitrogens with one attached hydrogen (secondary N) is 2. The molecule has 0 spiro atoms. The van der Waals surface area contributed by atoms with E-state index >= 15 is 0 Å². The van der Waals surface area contributed by atoms with E-state index in [4.69, 9.17) is 4.74 Å². The Bertz CT molecular complexity index is 443. The van der Waals surface area contributed by atoms with Gasteiger partial charge in [0.1, 0.15) is 12.4 Å². The van der Waals surface area contributed by atoms with E-state index in [1.54, 1.807) is 0 Å². The van der Waals surface area contributed by atoms with Gasteiger partial charge in [0, 0.05) is 12.1 Å². The fraction of sp³-hybridized carbons (Fsp3) is 0.500. The predicted octanol–water partition coefficient (Wildman–Crippen LogP) is 1.24. The Morgan fingerprint density at radius 3 is 3.00 bits per heavy atom. The summed E-state index contributed by atoms with van der Waals surface area (Å²) in [6.45, 7) is 1.79. The molecule has 1 saturated carbocycles. The van der Waals surface area contributed by atoms with Crippen LogP contribution in [0.15, 0.2) is 24.3 Å². The molecule has 1 aliphatic heterocycles. The number of rotatable bonds is 5. The molecule has 2 N–H and O–H groups in total. The molecule has 2 aliphatic rings. The van der Waals surface area contributed by atoms with E-state index in [0.717, 1.165) is 23.8 Å². The maximum atomic E-state index is 11.6. The van der Waals surface area contributed by atoms with Crippen LogP contribution in [0.4, 0.5) is 0 Å². The SMILES string of the molecule is O=C(CNC1COc2ccccc21)NCC1CC1. The molecule has 0 aromatic heterocycles. The number of carbonyl (C=O) groups excluding carboxylic acids is 1. The highest BCUT2D eigenvalue weighted by molar-refractivity contribution is 5.78. The molecule has 1 heterocycles. The molecule has 4 nitrogen and oxygen atoms in total. The molecule has 1 aromatic rings. The molecule has 1 atom stereocenters. The minimum Gasteiger partial charge on any atom is -0.491 e. The summed E-state index contributed by atoms with van der Waals surface area (Å²) < 4.78 is 5.56. The first-order chi connectivity index (χ1) is 8.83. The summed E-state index contributed by atoms with van der Waals surface area (Å²) in [5.74, 6) is 1.73. The fourth-order valence-electron chi connectivity index (χ4n) is 2.19. The first-order valence-electron chi connectivity index (χ1n) is 6.55. The molecule has 0 saturated heterocycles. The van der Waals surface area contributed by atoms with Gasteiger partial charge in [0.15, 0.2) is 0 Å². The lowest BCUT2D eigenvalue weighted by atomic mass is 10.1. The van der Waals surface area contributed by atoms with Crippen LogP contribution in [0.2, 0.25) is 0 Å². The van der Waals surface area contributed by atoms with E-state index in [0.29, 0.717) is 13.2 Å². The van der Waals surface area contributed by atoms with Crippen molar-refractivity contribution in [3.8, 4) is 5.75 Å². The predicted molar refractivity (Wildman–Crippen MR) is 68.4 cm³/mol. The van der Waals surface area contributed by atoms with Crippen molar-refractivity contribution < 1.29 is 9.53 Å². The molecule has 0 bridgehead atoms. The Labute approximate surface area is 107 Å². The van der Waals surface area contributed by atoms with Gasteiger partial charge in [-0.3, -0.25) is 10.1 Å².